The van der Waals surface area contributed by atoms with Crippen molar-refractivity contribution in [3.05, 3.63) is 12.2 Å². The van der Waals surface area contributed by atoms with Gasteiger partial charge in [-0.3, -0.25) is 9.59 Å². The van der Waals surface area contributed by atoms with E-state index in [-0.39, 0.29) is 32.2 Å². The molecule has 0 aliphatic carbocycles. The minimum atomic E-state index is -1.51. The van der Waals surface area contributed by atoms with Crippen molar-refractivity contribution in [2.75, 3.05) is 47.5 Å². The van der Waals surface area contributed by atoms with Gasteiger partial charge in [0.1, 0.15) is 13.2 Å². The van der Waals surface area contributed by atoms with Gasteiger partial charge in [-0.2, -0.15) is 0 Å². The smallest absolute Gasteiger partial charge is 0.361 e. The quantitative estimate of drug-likeness (QED) is 0.0212. The Morgan fingerprint density at radius 2 is 0.881 bits per heavy atom. The van der Waals surface area contributed by atoms with Crippen LogP contribution in [0.4, 0.5) is 0 Å². The SMILES string of the molecule is CCCC/C=C\CCCCCCCC(=O)OC(COC(=O)CCCCCCCCCCCCCCCCCCCCCCCCC)COC(OCC[N+](C)(C)C)C(=O)O. The summed E-state index contributed by atoms with van der Waals surface area (Å²) in [6, 6.07) is 0. The zero-order chi connectivity index (χ0) is 43.5. The van der Waals surface area contributed by atoms with E-state index >= 15 is 0 Å². The number of allylic oxidation sites excluding steroid dienone is 2. The highest BCUT2D eigenvalue weighted by Gasteiger charge is 2.25. The van der Waals surface area contributed by atoms with Crippen LogP contribution in [0.3, 0.4) is 0 Å². The normalized spacial score (nSPS) is 12.9. The van der Waals surface area contributed by atoms with Crippen LogP contribution >= 0.6 is 0 Å². The van der Waals surface area contributed by atoms with Gasteiger partial charge in [-0.15, -0.1) is 0 Å². The number of hydrogen-bond donors (Lipinski definition) is 1. The number of carbonyl (C=O) groups excluding carboxylic acids is 2. The van der Waals surface area contributed by atoms with Gasteiger partial charge in [-0.25, -0.2) is 4.79 Å². The molecule has 59 heavy (non-hydrogen) atoms. The highest BCUT2D eigenvalue weighted by Crippen LogP contribution is 2.16. The van der Waals surface area contributed by atoms with Gasteiger partial charge < -0.3 is 28.5 Å². The lowest BCUT2D eigenvalue weighted by molar-refractivity contribution is -0.870. The summed E-state index contributed by atoms with van der Waals surface area (Å²) in [6.45, 7) is 4.85. The molecule has 0 aliphatic heterocycles. The Labute approximate surface area is 364 Å². The average molecular weight is 839 g/mol. The van der Waals surface area contributed by atoms with Crippen molar-refractivity contribution in [3.8, 4) is 0 Å². The molecule has 0 rings (SSSR count). The molecule has 1 N–H and O–H groups in total. The standard InChI is InChI=1S/C50H95NO8/c1-6-8-10-12-14-16-18-19-20-21-22-23-24-25-26-27-28-29-31-32-34-36-38-40-47(52)57-44-46(45-58-50(49(54)55)56-43-42-51(3,4)5)59-48(53)41-39-37-35-33-30-17-15-13-11-9-7-2/h13,15,46,50H,6-12,14,16-45H2,1-5H3/p+1/b15-13-. The Kier molecular flexibility index (Phi) is 41.3. The van der Waals surface area contributed by atoms with E-state index in [4.69, 9.17) is 18.9 Å². The Hall–Kier alpha value is -1.97. The summed E-state index contributed by atoms with van der Waals surface area (Å²) in [6.07, 6.45) is 42.9. The van der Waals surface area contributed by atoms with Crippen LogP contribution < -0.4 is 0 Å². The topological polar surface area (TPSA) is 108 Å². The summed E-state index contributed by atoms with van der Waals surface area (Å²) in [4.78, 5) is 37.1. The van der Waals surface area contributed by atoms with Crippen LogP contribution in [0, 0.1) is 0 Å². The predicted octanol–water partition coefficient (Wildman–Crippen LogP) is 13.5. The zero-order valence-electron chi connectivity index (χ0n) is 39.4. The third kappa shape index (κ3) is 43.9. The third-order valence-corrected chi connectivity index (χ3v) is 11.0. The highest BCUT2D eigenvalue weighted by atomic mass is 16.7. The molecular formula is C50H96NO8+. The van der Waals surface area contributed by atoms with E-state index in [1.54, 1.807) is 0 Å². The van der Waals surface area contributed by atoms with Gasteiger partial charge in [0.05, 0.1) is 34.4 Å². The molecule has 348 valence electrons. The minimum absolute atomic E-state index is 0.180. The molecular weight excluding hydrogens is 743 g/mol. The van der Waals surface area contributed by atoms with Gasteiger partial charge in [0.15, 0.2) is 6.10 Å². The van der Waals surface area contributed by atoms with E-state index in [0.717, 1.165) is 57.8 Å². The highest BCUT2D eigenvalue weighted by molar-refractivity contribution is 5.71. The molecule has 0 radical (unpaired) electrons. The van der Waals surface area contributed by atoms with E-state index in [9.17, 15) is 19.5 Å². The van der Waals surface area contributed by atoms with Crippen molar-refractivity contribution < 1.29 is 42.9 Å². The molecule has 0 heterocycles. The fourth-order valence-electron chi connectivity index (χ4n) is 7.11. The fourth-order valence-corrected chi connectivity index (χ4v) is 7.11. The van der Waals surface area contributed by atoms with Crippen LogP contribution in [0.1, 0.15) is 232 Å². The second-order valence-electron chi connectivity index (χ2n) is 18.1. The van der Waals surface area contributed by atoms with Crippen LogP contribution in [-0.2, 0) is 33.3 Å². The summed E-state index contributed by atoms with van der Waals surface area (Å²) in [5, 5.41) is 9.64. The van der Waals surface area contributed by atoms with E-state index in [2.05, 4.69) is 26.0 Å². The zero-order valence-corrected chi connectivity index (χ0v) is 39.4. The van der Waals surface area contributed by atoms with Crippen molar-refractivity contribution in [1.82, 2.24) is 0 Å². The number of esters is 2. The van der Waals surface area contributed by atoms with Crippen molar-refractivity contribution in [2.24, 2.45) is 0 Å². The molecule has 0 bridgehead atoms. The number of likely N-dealkylation sites (N-methyl/N-ethyl adjacent to an activating group) is 1. The number of ether oxygens (including phenoxy) is 4. The molecule has 0 saturated heterocycles. The summed E-state index contributed by atoms with van der Waals surface area (Å²) >= 11 is 0. The molecule has 0 aliphatic rings. The van der Waals surface area contributed by atoms with Crippen LogP contribution in [0.5, 0.6) is 0 Å². The molecule has 0 aromatic carbocycles. The van der Waals surface area contributed by atoms with Crippen LogP contribution in [0.2, 0.25) is 0 Å². The van der Waals surface area contributed by atoms with Crippen LogP contribution in [0.25, 0.3) is 0 Å². The maximum atomic E-state index is 12.7. The number of quaternary nitrogens is 1. The molecule has 0 aromatic rings. The van der Waals surface area contributed by atoms with Gasteiger partial charge in [0.2, 0.25) is 0 Å². The first-order valence-electron chi connectivity index (χ1n) is 24.9. The van der Waals surface area contributed by atoms with Crippen LogP contribution in [0.15, 0.2) is 12.2 Å². The number of carboxylic acid groups (broad SMARTS) is 1. The number of rotatable bonds is 46. The lowest BCUT2D eigenvalue weighted by atomic mass is 10.0. The number of nitrogens with zero attached hydrogens (tertiary/aromatic N) is 1. The molecule has 9 nitrogen and oxygen atoms in total. The van der Waals surface area contributed by atoms with Gasteiger partial charge in [0, 0.05) is 12.8 Å². The number of carboxylic acids is 1. The summed E-state index contributed by atoms with van der Waals surface area (Å²) in [5.41, 5.74) is 0. The fraction of sp³-hybridized carbons (Fsp3) is 0.900. The van der Waals surface area contributed by atoms with E-state index < -0.39 is 24.3 Å². The summed E-state index contributed by atoms with van der Waals surface area (Å²) in [5.74, 6) is -2.00. The Bertz CT molecular complexity index is 980. The lowest BCUT2D eigenvalue weighted by Crippen LogP contribution is -2.40. The number of aliphatic carboxylic acids is 1. The summed E-state index contributed by atoms with van der Waals surface area (Å²) < 4.78 is 22.7. The maximum Gasteiger partial charge on any atom is 0.361 e. The molecule has 0 amide bonds. The largest absolute Gasteiger partial charge is 0.477 e. The van der Waals surface area contributed by atoms with Crippen molar-refractivity contribution in [2.45, 2.75) is 245 Å². The van der Waals surface area contributed by atoms with Crippen LogP contribution in [-0.4, -0.2) is 87.4 Å². The lowest BCUT2D eigenvalue weighted by Gasteiger charge is -2.25. The third-order valence-electron chi connectivity index (χ3n) is 11.0. The second kappa shape index (κ2) is 42.7. The minimum Gasteiger partial charge on any atom is -0.477 e. The monoisotopic (exact) mass is 839 g/mol. The molecule has 0 fully saturated rings. The first kappa shape index (κ1) is 57.0. The molecule has 9 heteroatoms. The van der Waals surface area contributed by atoms with E-state index in [0.29, 0.717) is 23.9 Å². The number of hydrogen-bond acceptors (Lipinski definition) is 7. The maximum absolute atomic E-state index is 12.7. The molecule has 0 saturated carbocycles. The second-order valence-corrected chi connectivity index (χ2v) is 18.1. The Morgan fingerprint density at radius 3 is 1.31 bits per heavy atom. The first-order chi connectivity index (χ1) is 28.6. The number of carbonyl (C=O) groups is 3. The molecule has 2 atom stereocenters. The average Bonchev–Trinajstić information content (AvgIpc) is 3.19. The van der Waals surface area contributed by atoms with Crippen molar-refractivity contribution >= 4 is 17.9 Å². The van der Waals surface area contributed by atoms with E-state index in [1.165, 1.54) is 141 Å². The van der Waals surface area contributed by atoms with Gasteiger partial charge in [-0.1, -0.05) is 199 Å². The first-order valence-corrected chi connectivity index (χ1v) is 24.9. The van der Waals surface area contributed by atoms with Gasteiger partial charge in [-0.05, 0) is 32.1 Å². The molecule has 0 aromatic heterocycles. The predicted molar refractivity (Wildman–Crippen MR) is 245 cm³/mol. The Balaban J connectivity index is 4.20. The molecule has 0 spiro atoms. The molecule has 2 unspecified atom stereocenters. The van der Waals surface area contributed by atoms with Crippen molar-refractivity contribution in [3.63, 3.8) is 0 Å². The van der Waals surface area contributed by atoms with E-state index in [1.807, 2.05) is 21.1 Å². The number of unbranched alkanes of at least 4 members (excludes halogenated alkanes) is 29. The summed E-state index contributed by atoms with van der Waals surface area (Å²) in [7, 11) is 5.96. The van der Waals surface area contributed by atoms with Gasteiger partial charge in [0.25, 0.3) is 6.29 Å². The Morgan fingerprint density at radius 1 is 0.492 bits per heavy atom. The van der Waals surface area contributed by atoms with Gasteiger partial charge >= 0.3 is 17.9 Å². The van der Waals surface area contributed by atoms with Crippen molar-refractivity contribution in [1.29, 1.82) is 0 Å².